The van der Waals surface area contributed by atoms with Gasteiger partial charge in [0.15, 0.2) is 17.3 Å². The van der Waals surface area contributed by atoms with Crippen molar-refractivity contribution in [2.24, 2.45) is 5.73 Å². The van der Waals surface area contributed by atoms with Gasteiger partial charge in [-0.25, -0.2) is 23.5 Å². The van der Waals surface area contributed by atoms with Crippen molar-refractivity contribution in [2.75, 3.05) is 25.7 Å². The molecule has 0 fully saturated rings. The molecule has 13 nitrogen and oxygen atoms in total. The van der Waals surface area contributed by atoms with E-state index < -0.39 is 30.2 Å². The van der Waals surface area contributed by atoms with Crippen LogP contribution in [0.5, 0.6) is 11.5 Å². The number of rotatable bonds is 10. The third-order valence-corrected chi connectivity index (χ3v) is 5.09. The number of methoxy groups -OCH3 is 1. The first kappa shape index (κ1) is 29.2. The Hall–Kier alpha value is -5.34. The predicted molar refractivity (Wildman–Crippen MR) is 140 cm³/mol. The van der Waals surface area contributed by atoms with E-state index in [0.717, 1.165) is 17.7 Å². The molecule has 4 rings (SSSR count). The van der Waals surface area contributed by atoms with Crippen molar-refractivity contribution in [3.05, 3.63) is 88.1 Å². The summed E-state index contributed by atoms with van der Waals surface area (Å²) in [5.41, 5.74) is 5.92. The fourth-order valence-electron chi connectivity index (χ4n) is 3.41. The van der Waals surface area contributed by atoms with Gasteiger partial charge in [0.1, 0.15) is 31.0 Å². The van der Waals surface area contributed by atoms with E-state index in [4.69, 9.17) is 30.5 Å². The number of benzene rings is 2. The van der Waals surface area contributed by atoms with Crippen LogP contribution in [-0.2, 0) is 4.79 Å². The molecule has 0 aliphatic carbocycles. The molecule has 0 spiro atoms. The van der Waals surface area contributed by atoms with Crippen LogP contribution in [0.25, 0.3) is 5.95 Å². The van der Waals surface area contributed by atoms with Crippen LogP contribution in [-0.4, -0.2) is 62.0 Å². The third-order valence-electron chi connectivity index (χ3n) is 5.09. The molecule has 0 saturated heterocycles. The summed E-state index contributed by atoms with van der Waals surface area (Å²) in [5, 5.41) is 22.4. The molecule has 40 heavy (non-hydrogen) atoms. The Morgan fingerprint density at radius 1 is 1.23 bits per heavy atom. The van der Waals surface area contributed by atoms with E-state index in [2.05, 4.69) is 25.4 Å². The van der Waals surface area contributed by atoms with Crippen molar-refractivity contribution in [3.8, 4) is 17.4 Å². The molecule has 0 amide bonds. The van der Waals surface area contributed by atoms with Crippen molar-refractivity contribution < 1.29 is 28.2 Å². The lowest BCUT2D eigenvalue weighted by molar-refractivity contribution is -0.134. The maximum atomic E-state index is 15.3. The zero-order valence-electron chi connectivity index (χ0n) is 21.4. The van der Waals surface area contributed by atoms with Crippen LogP contribution >= 0.6 is 0 Å². The van der Waals surface area contributed by atoms with E-state index >= 15 is 4.39 Å². The van der Waals surface area contributed by atoms with E-state index in [9.17, 15) is 9.18 Å². The lowest BCUT2D eigenvalue weighted by atomic mass is 10.0. The van der Waals surface area contributed by atoms with Crippen molar-refractivity contribution in [3.63, 3.8) is 0 Å². The average molecular weight is 557 g/mol. The van der Waals surface area contributed by atoms with Gasteiger partial charge in [-0.05, 0) is 36.4 Å². The van der Waals surface area contributed by atoms with Crippen LogP contribution in [0.2, 0.25) is 0 Å². The minimum atomic E-state index is -1.04. The first-order valence-corrected chi connectivity index (χ1v) is 11.6. The summed E-state index contributed by atoms with van der Waals surface area (Å²) in [4.78, 5) is 32.3. The van der Waals surface area contributed by atoms with Gasteiger partial charge >= 0.3 is 5.69 Å². The van der Waals surface area contributed by atoms with Gasteiger partial charge in [-0.1, -0.05) is 0 Å². The van der Waals surface area contributed by atoms with Gasteiger partial charge < -0.3 is 25.6 Å². The van der Waals surface area contributed by atoms with Gasteiger partial charge in [0.2, 0.25) is 0 Å². The summed E-state index contributed by atoms with van der Waals surface area (Å²) in [6, 6.07) is 9.50. The lowest BCUT2D eigenvalue weighted by Gasteiger charge is -2.21. The quantitative estimate of drug-likeness (QED) is 0.143. The molecule has 2 aromatic heterocycles. The van der Waals surface area contributed by atoms with Crippen molar-refractivity contribution in [1.82, 2.24) is 24.7 Å². The van der Waals surface area contributed by atoms with Gasteiger partial charge in [0, 0.05) is 42.2 Å². The minimum Gasteiger partial charge on any atom is -0.493 e. The van der Waals surface area contributed by atoms with Gasteiger partial charge in [-0.15, -0.1) is 9.78 Å². The monoisotopic (exact) mass is 556 g/mol. The Kier molecular flexibility index (Phi) is 9.83. The number of H-pyrrole nitrogens is 1. The smallest absolute Gasteiger partial charge is 0.350 e. The molecule has 2 heterocycles. The number of alkyl halides is 1. The highest BCUT2D eigenvalue weighted by Crippen LogP contribution is 2.35. The molecule has 0 unspecified atom stereocenters. The first-order valence-electron chi connectivity index (χ1n) is 11.6. The maximum Gasteiger partial charge on any atom is 0.350 e. The number of hydrogen-bond acceptors (Lipinski definition) is 9. The SMILES string of the molecule is CC(=O)O.COc1cc(F)c([C@H](Nc2ccc(C(=N)N)cc2)c2nn(-c3ncccn3)c(=O)[nH]2)cc1OCCF. The van der Waals surface area contributed by atoms with Gasteiger partial charge in [0.25, 0.3) is 11.9 Å². The van der Waals surface area contributed by atoms with Crippen LogP contribution in [0.1, 0.15) is 29.9 Å². The van der Waals surface area contributed by atoms with Crippen molar-refractivity contribution >= 4 is 17.5 Å². The Balaban J connectivity index is 0.00000103. The number of carboxylic acids is 1. The fraction of sp³-hybridized carbons (Fsp3) is 0.200. The van der Waals surface area contributed by atoms with Crippen LogP contribution in [0.3, 0.4) is 0 Å². The number of nitrogens with two attached hydrogens (primary N) is 1. The number of carboxylic acid groups (broad SMARTS) is 1. The highest BCUT2D eigenvalue weighted by Gasteiger charge is 2.26. The number of hydrogen-bond donors (Lipinski definition) is 5. The number of aromatic amines is 1. The third kappa shape index (κ3) is 7.37. The molecule has 210 valence electrons. The van der Waals surface area contributed by atoms with E-state index in [-0.39, 0.29) is 41.3 Å². The molecule has 15 heteroatoms. The molecular weight excluding hydrogens is 530 g/mol. The summed E-state index contributed by atoms with van der Waals surface area (Å²) in [6.45, 7) is 0.0671. The topological polar surface area (TPSA) is 194 Å². The number of nitrogen functional groups attached to an aromatic ring is 1. The lowest BCUT2D eigenvalue weighted by Crippen LogP contribution is -2.18. The van der Waals surface area contributed by atoms with E-state index in [0.29, 0.717) is 11.3 Å². The normalized spacial score (nSPS) is 11.1. The summed E-state index contributed by atoms with van der Waals surface area (Å²) in [5.74, 6) is -1.38. The summed E-state index contributed by atoms with van der Waals surface area (Å²) in [7, 11) is 1.34. The number of halogens is 2. The Morgan fingerprint density at radius 2 is 1.88 bits per heavy atom. The molecule has 0 aliphatic heterocycles. The number of nitrogens with zero attached hydrogens (tertiary/aromatic N) is 4. The molecule has 0 radical (unpaired) electrons. The molecule has 0 aliphatic rings. The van der Waals surface area contributed by atoms with Gasteiger partial charge in [-0.3, -0.25) is 15.2 Å². The molecule has 0 bridgehead atoms. The largest absolute Gasteiger partial charge is 0.493 e. The molecule has 0 saturated carbocycles. The summed E-state index contributed by atoms with van der Waals surface area (Å²) < 4.78 is 39.6. The Bertz CT molecular complexity index is 1510. The van der Waals surface area contributed by atoms with E-state index in [1.54, 1.807) is 30.3 Å². The number of amidine groups is 1. The number of carbonyl (C=O) groups is 1. The standard InChI is InChI=1S/C23H22F2N8O3.C2H4O2/c1-35-17-12-16(25)15(11-18(17)36-10-7-24)19(30-14-5-3-13(4-6-14)20(26)27)21-31-23(34)33(32-21)22-28-8-2-9-29-22;1-2(3)4/h2-6,8-9,11-12,19,30H,7,10H2,1H3,(H3,26,27)(H,31,32,34);1H3,(H,3,4)/t19-;/m0./s1. The average Bonchev–Trinajstić information content (AvgIpc) is 3.32. The zero-order chi connectivity index (χ0) is 29.2. The molecule has 6 N–H and O–H groups in total. The second-order valence-electron chi connectivity index (χ2n) is 7.93. The second-order valence-corrected chi connectivity index (χ2v) is 7.93. The van der Waals surface area contributed by atoms with Crippen LogP contribution in [0.4, 0.5) is 14.5 Å². The van der Waals surface area contributed by atoms with Gasteiger partial charge in [0.05, 0.1) is 7.11 Å². The molecule has 2 aromatic carbocycles. The van der Waals surface area contributed by atoms with E-state index in [1.807, 2.05) is 0 Å². The van der Waals surface area contributed by atoms with Crippen LogP contribution in [0, 0.1) is 11.2 Å². The minimum absolute atomic E-state index is 0.0248. The van der Waals surface area contributed by atoms with Crippen LogP contribution in [0.15, 0.2) is 59.7 Å². The number of anilines is 1. The second kappa shape index (κ2) is 13.5. The number of ether oxygens (including phenoxy) is 2. The Labute approximate surface area is 226 Å². The fourth-order valence-corrected chi connectivity index (χ4v) is 3.41. The maximum absolute atomic E-state index is 15.3. The predicted octanol–water partition coefficient (Wildman–Crippen LogP) is 2.42. The number of nitrogens with one attached hydrogen (secondary N) is 3. The Morgan fingerprint density at radius 3 is 2.45 bits per heavy atom. The molecular formula is C25H26F2N8O5. The van der Waals surface area contributed by atoms with Crippen molar-refractivity contribution in [2.45, 2.75) is 13.0 Å². The highest BCUT2D eigenvalue weighted by atomic mass is 19.1. The molecule has 1 atom stereocenters. The highest BCUT2D eigenvalue weighted by molar-refractivity contribution is 5.95. The number of aliphatic carboxylic acids is 1. The van der Waals surface area contributed by atoms with Gasteiger partial charge in [-0.2, -0.15) is 0 Å². The molecule has 4 aromatic rings. The zero-order valence-corrected chi connectivity index (χ0v) is 21.4. The number of aromatic nitrogens is 5. The van der Waals surface area contributed by atoms with E-state index in [1.165, 1.54) is 25.6 Å². The van der Waals surface area contributed by atoms with Crippen LogP contribution < -0.4 is 26.2 Å². The van der Waals surface area contributed by atoms with Crippen molar-refractivity contribution in [1.29, 1.82) is 5.41 Å². The summed E-state index contributed by atoms with van der Waals surface area (Å²) in [6.07, 6.45) is 2.90. The first-order chi connectivity index (χ1) is 19.1. The summed E-state index contributed by atoms with van der Waals surface area (Å²) >= 11 is 0.